The number of H-pyrrole nitrogens is 1. The summed E-state index contributed by atoms with van der Waals surface area (Å²) in [4.78, 5) is 18.5. The fourth-order valence-corrected chi connectivity index (χ4v) is 3.82. The minimum atomic E-state index is 0.0240. The van der Waals surface area contributed by atoms with E-state index in [-0.39, 0.29) is 4.87 Å². The number of hydrogen-bond acceptors (Lipinski definition) is 3. The van der Waals surface area contributed by atoms with Crippen molar-refractivity contribution in [2.45, 2.75) is 65.3 Å². The summed E-state index contributed by atoms with van der Waals surface area (Å²) in [5, 5.41) is 0. The van der Waals surface area contributed by atoms with E-state index in [9.17, 15) is 4.79 Å². The molecule has 3 heterocycles. The smallest absolute Gasteiger partial charge is 0.305 e. The highest BCUT2D eigenvalue weighted by atomic mass is 32.1. The third-order valence-corrected chi connectivity index (χ3v) is 5.48. The number of thiazole rings is 1. The molecule has 0 radical (unpaired) electrons. The summed E-state index contributed by atoms with van der Waals surface area (Å²) < 4.78 is 3.37. The van der Waals surface area contributed by atoms with Crippen LogP contribution in [0, 0.1) is 0 Å². The molecule has 0 amide bonds. The number of nitrogens with zero attached hydrogens (tertiary/aromatic N) is 2. The zero-order valence-electron chi connectivity index (χ0n) is 15.5. The van der Waals surface area contributed by atoms with Crippen molar-refractivity contribution in [1.82, 2.24) is 14.5 Å². The largest absolute Gasteiger partial charge is 0.335 e. The lowest BCUT2D eigenvalue weighted by Gasteiger charge is -2.11. The van der Waals surface area contributed by atoms with E-state index in [1.54, 1.807) is 0 Å². The topological polar surface area (TPSA) is 50.7 Å². The summed E-state index contributed by atoms with van der Waals surface area (Å²) in [7, 11) is 0. The predicted octanol–water partition coefficient (Wildman–Crippen LogP) is 5.06. The standard InChI is InChI=1S/C10H16N2.C10H11NOS/c1-8(2)9-7-12-6-4-3-5-10(12)11-9;1-6(2)7-3-4-8-9(5-7)13-10(12)11-8/h7-8H,3-6H2,1-2H3;3-6H,1-2H3,(H,11,12). The van der Waals surface area contributed by atoms with E-state index in [0.717, 1.165) is 10.2 Å². The molecule has 3 aromatic rings. The zero-order valence-corrected chi connectivity index (χ0v) is 16.3. The zero-order chi connectivity index (χ0) is 18.0. The molecule has 1 aromatic carbocycles. The Balaban J connectivity index is 0.000000146. The average molecular weight is 358 g/mol. The molecule has 0 unspecified atom stereocenters. The van der Waals surface area contributed by atoms with E-state index in [4.69, 9.17) is 0 Å². The maximum absolute atomic E-state index is 11.0. The lowest BCUT2D eigenvalue weighted by Crippen LogP contribution is -2.08. The van der Waals surface area contributed by atoms with Gasteiger partial charge >= 0.3 is 4.87 Å². The van der Waals surface area contributed by atoms with Gasteiger partial charge in [-0.2, -0.15) is 0 Å². The molecule has 0 saturated heterocycles. The summed E-state index contributed by atoms with van der Waals surface area (Å²) in [6.45, 7) is 9.88. The first kappa shape index (κ1) is 17.9. The lowest BCUT2D eigenvalue weighted by molar-refractivity contribution is 0.522. The molecular formula is C20H27N3OS. The van der Waals surface area contributed by atoms with Gasteiger partial charge in [-0.3, -0.25) is 4.79 Å². The van der Waals surface area contributed by atoms with Crippen LogP contribution in [0.15, 0.2) is 29.2 Å². The van der Waals surface area contributed by atoms with Gasteiger partial charge in [-0.05, 0) is 42.4 Å². The number of aryl methyl sites for hydroxylation is 2. The van der Waals surface area contributed by atoms with Crippen LogP contribution in [-0.4, -0.2) is 14.5 Å². The second-order valence-corrected chi connectivity index (χ2v) is 8.33. The molecule has 0 saturated carbocycles. The molecule has 0 atom stereocenters. The summed E-state index contributed by atoms with van der Waals surface area (Å²) in [6, 6.07) is 6.13. The third-order valence-electron chi connectivity index (χ3n) is 4.63. The first-order chi connectivity index (χ1) is 11.9. The van der Waals surface area contributed by atoms with Gasteiger partial charge in [0.15, 0.2) is 0 Å². The minimum Gasteiger partial charge on any atom is -0.335 e. The van der Waals surface area contributed by atoms with Crippen LogP contribution in [0.3, 0.4) is 0 Å². The molecule has 4 rings (SSSR count). The van der Waals surface area contributed by atoms with Gasteiger partial charge in [0.2, 0.25) is 0 Å². The van der Waals surface area contributed by atoms with Gasteiger partial charge in [-0.15, -0.1) is 0 Å². The first-order valence-electron chi connectivity index (χ1n) is 9.12. The maximum atomic E-state index is 11.0. The quantitative estimate of drug-likeness (QED) is 0.697. The maximum Gasteiger partial charge on any atom is 0.305 e. The van der Waals surface area contributed by atoms with Crippen LogP contribution in [0.4, 0.5) is 0 Å². The van der Waals surface area contributed by atoms with Crippen LogP contribution in [0.5, 0.6) is 0 Å². The predicted molar refractivity (Wildman–Crippen MR) is 106 cm³/mol. The highest BCUT2D eigenvalue weighted by Crippen LogP contribution is 2.21. The highest BCUT2D eigenvalue weighted by molar-refractivity contribution is 7.16. The van der Waals surface area contributed by atoms with Gasteiger partial charge in [0.1, 0.15) is 5.82 Å². The van der Waals surface area contributed by atoms with Crippen molar-refractivity contribution in [3.05, 3.63) is 51.1 Å². The van der Waals surface area contributed by atoms with Crippen molar-refractivity contribution in [3.8, 4) is 0 Å². The molecule has 4 nitrogen and oxygen atoms in total. The second kappa shape index (κ2) is 7.56. The Labute approximate surface area is 152 Å². The van der Waals surface area contributed by atoms with Crippen LogP contribution >= 0.6 is 11.3 Å². The van der Waals surface area contributed by atoms with E-state index < -0.39 is 0 Å². The van der Waals surface area contributed by atoms with Crippen LogP contribution < -0.4 is 4.87 Å². The number of fused-ring (bicyclic) bond motifs is 2. The summed E-state index contributed by atoms with van der Waals surface area (Å²) in [5.74, 6) is 2.38. The fraction of sp³-hybridized carbons (Fsp3) is 0.500. The van der Waals surface area contributed by atoms with Gasteiger partial charge in [-0.1, -0.05) is 45.1 Å². The summed E-state index contributed by atoms with van der Waals surface area (Å²) >= 11 is 1.27. The Kier molecular flexibility index (Phi) is 5.42. The first-order valence-corrected chi connectivity index (χ1v) is 9.94. The number of aromatic nitrogens is 3. The lowest BCUT2D eigenvalue weighted by atomic mass is 10.0. The Hall–Kier alpha value is -1.88. The van der Waals surface area contributed by atoms with Crippen molar-refractivity contribution >= 4 is 21.6 Å². The van der Waals surface area contributed by atoms with Gasteiger partial charge < -0.3 is 9.55 Å². The molecule has 1 aliphatic rings. The molecule has 1 aliphatic heterocycles. The molecular weight excluding hydrogens is 330 g/mol. The average Bonchev–Trinajstić information content (AvgIpc) is 3.16. The van der Waals surface area contributed by atoms with Crippen molar-refractivity contribution in [3.63, 3.8) is 0 Å². The SMILES string of the molecule is CC(C)c1ccc2[nH]c(=O)sc2c1.CC(C)c1cn2c(n1)CCCC2. The Morgan fingerprint density at radius 1 is 1.16 bits per heavy atom. The van der Waals surface area contributed by atoms with Gasteiger partial charge in [-0.25, -0.2) is 4.98 Å². The minimum absolute atomic E-state index is 0.0240. The third kappa shape index (κ3) is 4.21. The van der Waals surface area contributed by atoms with Crippen LogP contribution in [-0.2, 0) is 13.0 Å². The van der Waals surface area contributed by atoms with E-state index in [2.05, 4.69) is 60.6 Å². The second-order valence-electron chi connectivity index (χ2n) is 7.31. The molecule has 1 N–H and O–H groups in total. The molecule has 25 heavy (non-hydrogen) atoms. The van der Waals surface area contributed by atoms with Crippen molar-refractivity contribution < 1.29 is 0 Å². The van der Waals surface area contributed by atoms with Crippen LogP contribution in [0.1, 0.15) is 69.5 Å². The highest BCUT2D eigenvalue weighted by Gasteiger charge is 2.13. The Morgan fingerprint density at radius 2 is 1.96 bits per heavy atom. The van der Waals surface area contributed by atoms with E-state index >= 15 is 0 Å². The molecule has 0 fully saturated rings. The Bertz CT molecular complexity index is 878. The van der Waals surface area contributed by atoms with Crippen molar-refractivity contribution in [2.24, 2.45) is 0 Å². The number of imidazole rings is 1. The Morgan fingerprint density at radius 3 is 2.64 bits per heavy atom. The van der Waals surface area contributed by atoms with Crippen molar-refractivity contribution in [1.29, 1.82) is 0 Å². The van der Waals surface area contributed by atoms with Gasteiger partial charge in [0.25, 0.3) is 0 Å². The normalized spacial score (nSPS) is 13.8. The number of benzene rings is 1. The number of aromatic amines is 1. The van der Waals surface area contributed by atoms with Crippen LogP contribution in [0.2, 0.25) is 0 Å². The number of hydrogen-bond donors (Lipinski definition) is 1. The molecule has 0 bridgehead atoms. The van der Waals surface area contributed by atoms with E-state index in [0.29, 0.717) is 11.8 Å². The number of nitrogens with one attached hydrogen (secondary N) is 1. The van der Waals surface area contributed by atoms with Gasteiger partial charge in [0.05, 0.1) is 15.9 Å². The van der Waals surface area contributed by atoms with Crippen LogP contribution in [0.25, 0.3) is 10.2 Å². The molecule has 5 heteroatoms. The summed E-state index contributed by atoms with van der Waals surface area (Å²) in [6.07, 6.45) is 6.03. The van der Waals surface area contributed by atoms with Gasteiger partial charge in [0, 0.05) is 19.2 Å². The fourth-order valence-electron chi connectivity index (χ4n) is 3.03. The molecule has 0 spiro atoms. The molecule has 0 aliphatic carbocycles. The molecule has 2 aromatic heterocycles. The summed E-state index contributed by atoms with van der Waals surface area (Å²) in [5.41, 5.74) is 3.48. The van der Waals surface area contributed by atoms with Crippen molar-refractivity contribution in [2.75, 3.05) is 0 Å². The molecule has 134 valence electrons. The van der Waals surface area contributed by atoms with E-state index in [1.807, 2.05) is 6.07 Å². The number of rotatable bonds is 2. The monoisotopic (exact) mass is 357 g/mol. The van der Waals surface area contributed by atoms with E-state index in [1.165, 1.54) is 54.2 Å².